The number of hydrogen-bond donors (Lipinski definition) is 6. The number of halogens is 7. The summed E-state index contributed by atoms with van der Waals surface area (Å²) >= 11 is 9.89. The fraction of sp³-hybridized carbons (Fsp3) is 0.190. The first-order valence-corrected chi connectivity index (χ1v) is 26.0. The monoisotopic (exact) mass is 1330 g/mol. The standard InChI is InChI=1S/2C9H9BrO3.2C9H9FO2.C8H7FO2.C7H5BrO2.C7H5FO3/c2*10-8-2-1-6(11)5-7(8)9-12-3-4-13-9;2*1-6(11)8-4-3-7(10)5-9(8)12-2;1-5(10)7-3-2-6(9)4-8(7)11;8-7-2-1-6(10)3-5(7)4-9;8-4-1-2-5(7(10)11)6(9)3-4/h2*1-2,5,9,11H,3-4H2;2*3-5H,1-2H3;2-4,11H,1H3;1-4,10H;1-3,9H,(H,10,11). The number of hydrogen-bond acceptors (Lipinski definition) is 16. The highest BCUT2D eigenvalue weighted by molar-refractivity contribution is 9.11. The molecule has 2 heterocycles. The lowest BCUT2D eigenvalue weighted by Crippen LogP contribution is -1.98. The number of phenols is 5. The smallest absolute Gasteiger partial charge is 0.339 e. The molecule has 9 rings (SSSR count). The van der Waals surface area contributed by atoms with Crippen molar-refractivity contribution in [1.29, 1.82) is 0 Å². The largest absolute Gasteiger partial charge is 0.508 e. The van der Waals surface area contributed by atoms with Crippen LogP contribution in [0.5, 0.6) is 40.2 Å². The Hall–Kier alpha value is -7.71. The molecule has 0 atom stereocenters. The van der Waals surface area contributed by atoms with Gasteiger partial charge >= 0.3 is 5.97 Å². The summed E-state index contributed by atoms with van der Waals surface area (Å²) in [4.78, 5) is 53.1. The SMILES string of the molecule is CC(=O)c1ccc(F)cc1O.COc1cc(F)ccc1C(C)=O.COc1cc(F)ccc1C(C)=O.O=C(O)c1ccc(F)cc1O.O=Cc1cc(O)ccc1Br.Oc1ccc(Br)c(C2OCCO2)c1.Oc1ccc(Br)c(C2OCCO2)c1. The van der Waals surface area contributed by atoms with E-state index in [0.29, 0.717) is 53.9 Å². The van der Waals surface area contributed by atoms with E-state index in [9.17, 15) is 51.7 Å². The summed E-state index contributed by atoms with van der Waals surface area (Å²) in [6.07, 6.45) is -0.00738. The number of benzene rings is 7. The number of phenolic OH excluding ortho intramolecular Hbond substituents is 4. The van der Waals surface area contributed by atoms with Gasteiger partial charge in [0.1, 0.15) is 69.1 Å². The van der Waals surface area contributed by atoms with Gasteiger partial charge in [-0.3, -0.25) is 19.2 Å². The summed E-state index contributed by atoms with van der Waals surface area (Å²) in [5.74, 6) is -3.60. The third-order valence-electron chi connectivity index (χ3n) is 10.4. The summed E-state index contributed by atoms with van der Waals surface area (Å²) in [5.41, 5.74) is 2.77. The van der Waals surface area contributed by atoms with Gasteiger partial charge in [-0.2, -0.15) is 0 Å². The minimum atomic E-state index is -1.28. The maximum Gasteiger partial charge on any atom is 0.339 e. The second kappa shape index (κ2) is 34.5. The second-order valence-corrected chi connectivity index (χ2v) is 18.9. The normalized spacial score (nSPS) is 12.2. The van der Waals surface area contributed by atoms with E-state index < -0.39 is 35.0 Å². The quantitative estimate of drug-likeness (QED) is 0.0446. The van der Waals surface area contributed by atoms with Crippen molar-refractivity contribution in [3.63, 3.8) is 0 Å². The van der Waals surface area contributed by atoms with Gasteiger partial charge in [-0.1, -0.05) is 47.8 Å². The topological polar surface area (TPSA) is 262 Å². The Morgan fingerprint density at radius 3 is 1.09 bits per heavy atom. The van der Waals surface area contributed by atoms with E-state index in [0.717, 1.165) is 50.4 Å². The lowest BCUT2D eigenvalue weighted by atomic mass is 10.1. The molecule has 0 saturated carbocycles. The number of methoxy groups -OCH3 is 2. The first kappa shape index (κ1) is 68.6. The molecule has 7 aromatic carbocycles. The maximum atomic E-state index is 12.6. The molecule has 2 aliphatic rings. The molecule has 24 heteroatoms. The van der Waals surface area contributed by atoms with Crippen LogP contribution in [0.25, 0.3) is 0 Å². The molecule has 2 fully saturated rings. The van der Waals surface area contributed by atoms with E-state index in [1.807, 2.05) is 0 Å². The number of aldehydes is 1. The number of ether oxygens (including phenoxy) is 6. The number of ketones is 3. The van der Waals surface area contributed by atoms with E-state index in [-0.39, 0.29) is 75.6 Å². The van der Waals surface area contributed by atoms with Gasteiger partial charge in [0.05, 0.1) is 57.3 Å². The van der Waals surface area contributed by atoms with Crippen molar-refractivity contribution in [2.45, 2.75) is 33.4 Å². The van der Waals surface area contributed by atoms with Crippen molar-refractivity contribution in [3.8, 4) is 40.2 Å². The molecule has 17 nitrogen and oxygen atoms in total. The summed E-state index contributed by atoms with van der Waals surface area (Å²) in [6, 6.07) is 28.3. The van der Waals surface area contributed by atoms with Gasteiger partial charge in [-0.25, -0.2) is 22.4 Å². The van der Waals surface area contributed by atoms with Gasteiger partial charge in [0.25, 0.3) is 0 Å². The molecule has 436 valence electrons. The molecule has 0 amide bonds. The fourth-order valence-corrected chi connectivity index (χ4v) is 7.73. The number of aromatic hydroxyl groups is 5. The van der Waals surface area contributed by atoms with Gasteiger partial charge in [0.2, 0.25) is 0 Å². The van der Waals surface area contributed by atoms with Gasteiger partial charge in [-0.05, 0) is 124 Å². The zero-order valence-corrected chi connectivity index (χ0v) is 48.8. The average Bonchev–Trinajstić information content (AvgIpc) is 4.22. The van der Waals surface area contributed by atoms with Crippen LogP contribution in [0.2, 0.25) is 0 Å². The molecular formula is C58H53Br3F4O17. The molecule has 0 aliphatic carbocycles. The van der Waals surface area contributed by atoms with Crippen molar-refractivity contribution in [2.75, 3.05) is 40.6 Å². The van der Waals surface area contributed by atoms with Gasteiger partial charge < -0.3 is 59.1 Å². The first-order valence-electron chi connectivity index (χ1n) is 23.6. The number of Topliss-reactive ketones (excluding diaryl/α,β-unsaturated/α-hetero) is 3. The lowest BCUT2D eigenvalue weighted by Gasteiger charge is -2.11. The molecule has 6 N–H and O–H groups in total. The number of carboxylic acids is 1. The minimum Gasteiger partial charge on any atom is -0.508 e. The maximum absolute atomic E-state index is 12.6. The van der Waals surface area contributed by atoms with Crippen LogP contribution < -0.4 is 9.47 Å². The first-order chi connectivity index (χ1) is 38.8. The third-order valence-corrected chi connectivity index (χ3v) is 12.6. The van der Waals surface area contributed by atoms with Crippen LogP contribution in [0, 0.1) is 23.3 Å². The number of carboxylic acid groups (broad SMARTS) is 1. The van der Waals surface area contributed by atoms with E-state index in [1.54, 1.807) is 42.5 Å². The molecule has 2 aliphatic heterocycles. The van der Waals surface area contributed by atoms with Crippen molar-refractivity contribution in [1.82, 2.24) is 0 Å². The summed E-state index contributed by atoms with van der Waals surface area (Å²) in [7, 11) is 2.81. The van der Waals surface area contributed by atoms with Crippen molar-refractivity contribution < 1.29 is 101 Å². The van der Waals surface area contributed by atoms with Crippen molar-refractivity contribution in [2.24, 2.45) is 0 Å². The number of aromatic carboxylic acids is 1. The van der Waals surface area contributed by atoms with Crippen LogP contribution >= 0.6 is 47.8 Å². The molecule has 2 saturated heterocycles. The highest BCUT2D eigenvalue weighted by atomic mass is 79.9. The molecule has 82 heavy (non-hydrogen) atoms. The second-order valence-electron chi connectivity index (χ2n) is 16.4. The highest BCUT2D eigenvalue weighted by Gasteiger charge is 2.22. The molecule has 0 radical (unpaired) electrons. The van der Waals surface area contributed by atoms with Crippen LogP contribution in [0.4, 0.5) is 17.6 Å². The Labute approximate surface area is 492 Å². The fourth-order valence-electron chi connectivity index (χ4n) is 6.52. The van der Waals surface area contributed by atoms with Crippen LogP contribution in [0.15, 0.2) is 141 Å². The highest BCUT2D eigenvalue weighted by Crippen LogP contribution is 2.34. The van der Waals surface area contributed by atoms with Crippen LogP contribution in [-0.4, -0.2) is 101 Å². The predicted molar refractivity (Wildman–Crippen MR) is 301 cm³/mol. The van der Waals surface area contributed by atoms with E-state index in [4.69, 9.17) is 48.8 Å². The molecule has 0 aromatic heterocycles. The summed E-state index contributed by atoms with van der Waals surface area (Å²) in [6.45, 7) is 6.55. The van der Waals surface area contributed by atoms with E-state index in [1.165, 1.54) is 89.6 Å². The third kappa shape index (κ3) is 22.7. The lowest BCUT2D eigenvalue weighted by molar-refractivity contribution is -0.0449. The Kier molecular flexibility index (Phi) is 28.9. The zero-order chi connectivity index (χ0) is 61.2. The number of carbonyl (C=O) groups excluding carboxylic acids is 4. The van der Waals surface area contributed by atoms with Crippen molar-refractivity contribution >= 4 is 77.4 Å². The molecule has 7 aromatic rings. The minimum absolute atomic E-state index is 0.102. The van der Waals surface area contributed by atoms with Crippen LogP contribution in [0.3, 0.4) is 0 Å². The van der Waals surface area contributed by atoms with Crippen LogP contribution in [0.1, 0.15) is 96.3 Å². The summed E-state index contributed by atoms with van der Waals surface area (Å²) in [5, 5.41) is 53.6. The Morgan fingerprint density at radius 1 is 0.463 bits per heavy atom. The predicted octanol–water partition coefficient (Wildman–Crippen LogP) is 13.4. The molecule has 0 spiro atoms. The molecular weight excluding hydrogens is 1280 g/mol. The summed E-state index contributed by atoms with van der Waals surface area (Å²) < 4.78 is 83.2. The number of carbonyl (C=O) groups is 5. The van der Waals surface area contributed by atoms with E-state index in [2.05, 4.69) is 47.8 Å². The van der Waals surface area contributed by atoms with Gasteiger partial charge in [0.15, 0.2) is 36.2 Å². The van der Waals surface area contributed by atoms with Crippen LogP contribution in [-0.2, 0) is 18.9 Å². The average molecular weight is 1340 g/mol. The van der Waals surface area contributed by atoms with E-state index >= 15 is 0 Å². The molecule has 0 unspecified atom stereocenters. The number of rotatable bonds is 9. The Bertz CT molecular complexity index is 3110. The zero-order valence-electron chi connectivity index (χ0n) is 44.0. The molecule has 0 bridgehead atoms. The van der Waals surface area contributed by atoms with Gasteiger partial charge in [0, 0.05) is 54.4 Å². The Balaban J connectivity index is 0.000000251. The Morgan fingerprint density at radius 2 is 0.780 bits per heavy atom. The van der Waals surface area contributed by atoms with Gasteiger partial charge in [-0.15, -0.1) is 0 Å². The van der Waals surface area contributed by atoms with Crippen molar-refractivity contribution in [3.05, 3.63) is 203 Å².